The molecule has 0 spiro atoms. The van der Waals surface area contributed by atoms with E-state index in [9.17, 15) is 9.59 Å². The Morgan fingerprint density at radius 3 is 2.72 bits per heavy atom. The van der Waals surface area contributed by atoms with Gasteiger partial charge in [-0.05, 0) is 37.6 Å². The SMILES string of the molecule is Cc1ccc2[nH]c(C(=O)N3CCn4cc(C(N)=O)cc4C3)c(C)c2c1. The highest BCUT2D eigenvalue weighted by Gasteiger charge is 2.25. The van der Waals surface area contributed by atoms with Crippen LogP contribution in [-0.4, -0.2) is 32.8 Å². The van der Waals surface area contributed by atoms with Crippen LogP contribution in [0.4, 0.5) is 0 Å². The van der Waals surface area contributed by atoms with Crippen LogP contribution in [0.15, 0.2) is 30.5 Å². The maximum absolute atomic E-state index is 13.0. The number of hydrogen-bond acceptors (Lipinski definition) is 2. The summed E-state index contributed by atoms with van der Waals surface area (Å²) in [5, 5.41) is 1.08. The van der Waals surface area contributed by atoms with Crippen LogP contribution in [0.5, 0.6) is 0 Å². The summed E-state index contributed by atoms with van der Waals surface area (Å²) in [4.78, 5) is 29.4. The number of rotatable bonds is 2. The van der Waals surface area contributed by atoms with Crippen LogP contribution in [0.2, 0.25) is 0 Å². The molecule has 0 unspecified atom stereocenters. The van der Waals surface area contributed by atoms with E-state index < -0.39 is 5.91 Å². The maximum Gasteiger partial charge on any atom is 0.270 e. The number of aromatic amines is 1. The second-order valence-electron chi connectivity index (χ2n) is 6.68. The zero-order valence-electron chi connectivity index (χ0n) is 14.3. The van der Waals surface area contributed by atoms with Crippen LogP contribution in [0.3, 0.4) is 0 Å². The molecule has 0 bridgehead atoms. The normalized spacial score (nSPS) is 13.9. The van der Waals surface area contributed by atoms with Gasteiger partial charge in [-0.15, -0.1) is 0 Å². The molecule has 3 heterocycles. The first-order valence-electron chi connectivity index (χ1n) is 8.31. The fraction of sp³-hybridized carbons (Fsp3) is 0.263. The van der Waals surface area contributed by atoms with Gasteiger partial charge < -0.3 is 20.2 Å². The predicted molar refractivity (Wildman–Crippen MR) is 95.5 cm³/mol. The van der Waals surface area contributed by atoms with Gasteiger partial charge in [0.15, 0.2) is 0 Å². The first kappa shape index (κ1) is 15.5. The third-order valence-corrected chi connectivity index (χ3v) is 4.95. The van der Waals surface area contributed by atoms with E-state index in [0.717, 1.165) is 22.2 Å². The molecule has 2 amide bonds. The highest BCUT2D eigenvalue weighted by atomic mass is 16.2. The number of nitrogens with zero attached hydrogens (tertiary/aromatic N) is 2. The summed E-state index contributed by atoms with van der Waals surface area (Å²) in [6.45, 7) is 5.76. The van der Waals surface area contributed by atoms with Gasteiger partial charge in [-0.1, -0.05) is 11.6 Å². The minimum atomic E-state index is -0.443. The number of primary amides is 1. The van der Waals surface area contributed by atoms with Crippen LogP contribution >= 0.6 is 0 Å². The lowest BCUT2D eigenvalue weighted by Crippen LogP contribution is -2.38. The summed E-state index contributed by atoms with van der Waals surface area (Å²) in [5.41, 5.74) is 10.5. The van der Waals surface area contributed by atoms with E-state index in [2.05, 4.69) is 11.1 Å². The van der Waals surface area contributed by atoms with Crippen LogP contribution in [0, 0.1) is 13.8 Å². The molecule has 25 heavy (non-hydrogen) atoms. The number of aryl methyl sites for hydroxylation is 2. The number of carbonyl (C=O) groups is 2. The van der Waals surface area contributed by atoms with Gasteiger partial charge in [0.05, 0.1) is 12.1 Å². The lowest BCUT2D eigenvalue weighted by atomic mass is 10.1. The second-order valence-corrected chi connectivity index (χ2v) is 6.68. The van der Waals surface area contributed by atoms with Gasteiger partial charge in [0.2, 0.25) is 5.91 Å². The average Bonchev–Trinajstić information content (AvgIpc) is 3.15. The quantitative estimate of drug-likeness (QED) is 0.753. The fourth-order valence-corrected chi connectivity index (χ4v) is 3.52. The molecular formula is C19H20N4O2. The molecule has 0 saturated heterocycles. The number of nitrogens with one attached hydrogen (secondary N) is 1. The molecule has 0 radical (unpaired) electrons. The van der Waals surface area contributed by atoms with Gasteiger partial charge in [0.1, 0.15) is 5.69 Å². The summed E-state index contributed by atoms with van der Waals surface area (Å²) in [6, 6.07) is 7.91. The minimum absolute atomic E-state index is 0.0144. The molecule has 6 nitrogen and oxygen atoms in total. The average molecular weight is 336 g/mol. The largest absolute Gasteiger partial charge is 0.366 e. The number of amides is 2. The lowest BCUT2D eigenvalue weighted by Gasteiger charge is -2.28. The Morgan fingerprint density at radius 2 is 1.96 bits per heavy atom. The van der Waals surface area contributed by atoms with Gasteiger partial charge in [0, 0.05) is 35.9 Å². The highest BCUT2D eigenvalue weighted by molar-refractivity contribution is 6.01. The number of fused-ring (bicyclic) bond motifs is 2. The van der Waals surface area contributed by atoms with Crippen LogP contribution < -0.4 is 5.73 Å². The standard InChI is InChI=1S/C19H20N4O2/c1-11-3-4-16-15(7-11)12(2)17(21-16)19(25)23-6-5-22-9-13(18(20)24)8-14(22)10-23/h3-4,7-9,21H,5-6,10H2,1-2H3,(H2,20,24). The topological polar surface area (TPSA) is 84.1 Å². The van der Waals surface area contributed by atoms with Crippen molar-refractivity contribution < 1.29 is 9.59 Å². The third kappa shape index (κ3) is 2.50. The van der Waals surface area contributed by atoms with Gasteiger partial charge in [-0.3, -0.25) is 9.59 Å². The first-order chi connectivity index (χ1) is 11.9. The van der Waals surface area contributed by atoms with Gasteiger partial charge in [0.25, 0.3) is 5.91 Å². The molecule has 3 aromatic rings. The molecule has 0 aliphatic carbocycles. The number of hydrogen-bond donors (Lipinski definition) is 2. The van der Waals surface area contributed by atoms with Crippen molar-refractivity contribution in [2.75, 3.05) is 6.54 Å². The summed E-state index contributed by atoms with van der Waals surface area (Å²) < 4.78 is 1.99. The molecule has 6 heteroatoms. The van der Waals surface area contributed by atoms with E-state index in [1.54, 1.807) is 12.3 Å². The summed E-state index contributed by atoms with van der Waals surface area (Å²) in [5.74, 6) is -0.457. The van der Waals surface area contributed by atoms with E-state index in [1.807, 2.05) is 35.4 Å². The predicted octanol–water partition coefficient (Wildman–Crippen LogP) is 2.34. The number of carbonyl (C=O) groups excluding carboxylic acids is 2. The molecular weight excluding hydrogens is 316 g/mol. The molecule has 128 valence electrons. The van der Waals surface area contributed by atoms with Crippen molar-refractivity contribution in [2.45, 2.75) is 26.9 Å². The van der Waals surface area contributed by atoms with Crippen LogP contribution in [-0.2, 0) is 13.1 Å². The molecule has 0 saturated carbocycles. The Morgan fingerprint density at radius 1 is 1.16 bits per heavy atom. The number of aromatic nitrogens is 2. The molecule has 3 N–H and O–H groups in total. The van der Waals surface area contributed by atoms with E-state index in [-0.39, 0.29) is 5.91 Å². The smallest absolute Gasteiger partial charge is 0.270 e. The summed E-state index contributed by atoms with van der Waals surface area (Å²) in [7, 11) is 0. The summed E-state index contributed by atoms with van der Waals surface area (Å²) >= 11 is 0. The fourth-order valence-electron chi connectivity index (χ4n) is 3.52. The number of nitrogens with two attached hydrogens (primary N) is 1. The van der Waals surface area contributed by atoms with E-state index in [1.165, 1.54) is 5.56 Å². The van der Waals surface area contributed by atoms with Gasteiger partial charge >= 0.3 is 0 Å². The summed E-state index contributed by atoms with van der Waals surface area (Å²) in [6.07, 6.45) is 1.76. The molecule has 1 aliphatic heterocycles. The maximum atomic E-state index is 13.0. The molecule has 1 aliphatic rings. The van der Waals surface area contributed by atoms with E-state index in [4.69, 9.17) is 5.73 Å². The lowest BCUT2D eigenvalue weighted by molar-refractivity contribution is 0.0705. The number of H-pyrrole nitrogens is 1. The zero-order chi connectivity index (χ0) is 17.7. The van der Waals surface area contributed by atoms with E-state index in [0.29, 0.717) is 30.9 Å². The minimum Gasteiger partial charge on any atom is -0.366 e. The zero-order valence-corrected chi connectivity index (χ0v) is 14.3. The van der Waals surface area contributed by atoms with Crippen LogP contribution in [0.25, 0.3) is 10.9 Å². The van der Waals surface area contributed by atoms with Crippen molar-refractivity contribution in [3.8, 4) is 0 Å². The third-order valence-electron chi connectivity index (χ3n) is 4.95. The number of benzene rings is 1. The van der Waals surface area contributed by atoms with E-state index >= 15 is 0 Å². The molecule has 0 fully saturated rings. The van der Waals surface area contributed by atoms with Gasteiger partial charge in [-0.25, -0.2) is 0 Å². The van der Waals surface area contributed by atoms with Gasteiger partial charge in [-0.2, -0.15) is 0 Å². The molecule has 4 rings (SSSR count). The van der Waals surface area contributed by atoms with Crippen molar-refractivity contribution in [3.63, 3.8) is 0 Å². The van der Waals surface area contributed by atoms with Crippen molar-refractivity contribution in [1.82, 2.24) is 14.5 Å². The second kappa shape index (κ2) is 5.51. The first-order valence-corrected chi connectivity index (χ1v) is 8.31. The Labute approximate surface area is 145 Å². The van der Waals surface area contributed by atoms with Crippen molar-refractivity contribution in [3.05, 3.63) is 58.5 Å². The Balaban J connectivity index is 1.65. The highest BCUT2D eigenvalue weighted by Crippen LogP contribution is 2.25. The van der Waals surface area contributed by atoms with Crippen LogP contribution in [0.1, 0.15) is 37.7 Å². The van der Waals surface area contributed by atoms with Crippen molar-refractivity contribution in [2.24, 2.45) is 5.73 Å². The molecule has 1 aromatic carbocycles. The Bertz CT molecular complexity index is 1010. The molecule has 0 atom stereocenters. The Hall–Kier alpha value is -3.02. The van der Waals surface area contributed by atoms with Crippen molar-refractivity contribution in [1.29, 1.82) is 0 Å². The molecule has 2 aromatic heterocycles. The van der Waals surface area contributed by atoms with Crippen molar-refractivity contribution >= 4 is 22.7 Å². The Kier molecular flexibility index (Phi) is 3.42. The monoisotopic (exact) mass is 336 g/mol.